The van der Waals surface area contributed by atoms with E-state index in [0.717, 1.165) is 22.3 Å². The molecule has 0 spiro atoms. The van der Waals surface area contributed by atoms with Gasteiger partial charge in [-0.3, -0.25) is 0 Å². The van der Waals surface area contributed by atoms with Gasteiger partial charge in [0.05, 0.1) is 79.5 Å². The predicted molar refractivity (Wildman–Crippen MR) is 236 cm³/mol. The monoisotopic (exact) mass is 847 g/mol. The van der Waals surface area contributed by atoms with E-state index in [2.05, 4.69) is 18.2 Å². The molecule has 2 aromatic heterocycles. The quantitative estimate of drug-likeness (QED) is 0.162. The summed E-state index contributed by atoms with van der Waals surface area (Å²) >= 11 is 0. The molecule has 0 aliphatic heterocycles. The molecule has 11 heteroatoms. The Morgan fingerprint density at radius 1 is 0.375 bits per heavy atom. The summed E-state index contributed by atoms with van der Waals surface area (Å²) in [4.78, 5) is 0. The van der Waals surface area contributed by atoms with Crippen molar-refractivity contribution in [3.63, 3.8) is 0 Å². The van der Waals surface area contributed by atoms with Crippen LogP contribution < -0.4 is 0 Å². The average molecular weight is 848 g/mol. The molecule has 5 nitrogen and oxygen atoms in total. The van der Waals surface area contributed by atoms with Gasteiger partial charge in [-0.15, -0.1) is 0 Å². The number of benzene rings is 8. The Kier molecular flexibility index (Phi) is 9.14. The maximum atomic E-state index is 15.4. The molecule has 0 bridgehead atoms. The normalized spacial score (nSPS) is 11.9. The minimum absolute atomic E-state index is 0.0505. The van der Waals surface area contributed by atoms with Crippen LogP contribution in [0, 0.1) is 34.0 Å². The number of rotatable bonds is 5. The zero-order valence-corrected chi connectivity index (χ0v) is 33.1. The van der Waals surface area contributed by atoms with Crippen LogP contribution in [0.5, 0.6) is 0 Å². The van der Waals surface area contributed by atoms with Crippen LogP contribution in [-0.4, -0.2) is 9.13 Å². The Bertz CT molecular complexity index is 3470. The van der Waals surface area contributed by atoms with Crippen molar-refractivity contribution in [2.24, 2.45) is 0 Å². The van der Waals surface area contributed by atoms with Crippen LogP contribution in [-0.2, 0) is 12.4 Å². The number of hydrogen-bond donors (Lipinski definition) is 0. The fraction of sp³-hybridized carbons (Fsp3) is 0.0377. The number of aromatic nitrogens is 2. The number of hydrogen-bond acceptors (Lipinski definition) is 3. The van der Waals surface area contributed by atoms with Crippen LogP contribution in [0.15, 0.2) is 164 Å². The van der Waals surface area contributed by atoms with Crippen LogP contribution in [0.4, 0.5) is 26.3 Å². The second-order valence-corrected chi connectivity index (χ2v) is 15.3. The van der Waals surface area contributed by atoms with Gasteiger partial charge in [-0.25, -0.2) is 0 Å². The van der Waals surface area contributed by atoms with Crippen molar-refractivity contribution in [3.05, 3.63) is 192 Å². The Labute approximate surface area is 360 Å². The number of fused-ring (bicyclic) bond motifs is 6. The van der Waals surface area contributed by atoms with E-state index in [1.54, 1.807) is 69.8 Å². The first kappa shape index (κ1) is 39.5. The van der Waals surface area contributed by atoms with Gasteiger partial charge >= 0.3 is 12.4 Å². The lowest BCUT2D eigenvalue weighted by Crippen LogP contribution is -2.13. The third kappa shape index (κ3) is 6.48. The smallest absolute Gasteiger partial charge is 0.308 e. The first-order valence-electron chi connectivity index (χ1n) is 19.8. The Hall–Kier alpha value is -8.59. The van der Waals surface area contributed by atoms with Crippen LogP contribution in [0.1, 0.15) is 27.8 Å². The average Bonchev–Trinajstić information content (AvgIpc) is 3.82. The summed E-state index contributed by atoms with van der Waals surface area (Å²) in [6, 6.07) is 50.3. The zero-order chi connectivity index (χ0) is 44.5. The fourth-order valence-corrected chi connectivity index (χ4v) is 8.78. The summed E-state index contributed by atoms with van der Waals surface area (Å²) < 4.78 is 93.7. The molecule has 0 saturated heterocycles. The van der Waals surface area contributed by atoms with Crippen molar-refractivity contribution in [2.45, 2.75) is 12.4 Å². The van der Waals surface area contributed by atoms with Gasteiger partial charge < -0.3 is 9.13 Å². The molecule has 0 aliphatic carbocycles. The molecule has 10 aromatic rings. The summed E-state index contributed by atoms with van der Waals surface area (Å²) in [7, 11) is 0. The molecule has 306 valence electrons. The highest BCUT2D eigenvalue weighted by Gasteiger charge is 2.39. The molecule has 64 heavy (non-hydrogen) atoms. The minimum Gasteiger partial charge on any atom is -0.308 e. The van der Waals surface area contributed by atoms with E-state index < -0.39 is 29.0 Å². The molecule has 10 rings (SSSR count). The molecule has 0 amide bonds. The molecule has 0 unspecified atom stereocenters. The number of nitriles is 3. The molecule has 2 heterocycles. The summed E-state index contributed by atoms with van der Waals surface area (Å²) in [5.41, 5.74) is 2.93. The van der Waals surface area contributed by atoms with Crippen LogP contribution >= 0.6 is 0 Å². The predicted octanol–water partition coefficient (Wildman–Crippen LogP) is 14.5. The van der Waals surface area contributed by atoms with E-state index in [0.29, 0.717) is 72.9 Å². The molecule has 0 atom stereocenters. The molecular weight excluding hydrogens is 821 g/mol. The van der Waals surface area contributed by atoms with Crippen LogP contribution in [0.3, 0.4) is 0 Å². The lowest BCUT2D eigenvalue weighted by Gasteiger charge is -2.24. The number of alkyl halides is 6. The standard InChI is InChI=1S/C53H27F6N5/c54-52(55,56)38-19-20-44(53(57,58)59)43(27-38)51-49(63-45-7-3-1-5-39(45)41-25-36(17-21-47(41)63)34-13-9-31(28-60)10-14-34)23-33(30-62)24-50(51)64-46-8-4-2-6-40(46)42-26-37(18-22-48(42)64)35-15-11-32(29-61)12-16-35/h1-27H. The van der Waals surface area contributed by atoms with E-state index in [1.165, 1.54) is 12.1 Å². The van der Waals surface area contributed by atoms with E-state index in [-0.39, 0.29) is 22.5 Å². The zero-order valence-electron chi connectivity index (χ0n) is 33.1. The first-order chi connectivity index (χ1) is 30.9. The lowest BCUT2D eigenvalue weighted by atomic mass is 9.92. The van der Waals surface area contributed by atoms with Crippen molar-refractivity contribution in [2.75, 3.05) is 0 Å². The number of halogens is 6. The molecule has 0 N–H and O–H groups in total. The molecule has 0 radical (unpaired) electrons. The third-order valence-electron chi connectivity index (χ3n) is 11.7. The maximum Gasteiger partial charge on any atom is 0.417 e. The highest BCUT2D eigenvalue weighted by atomic mass is 19.4. The number of para-hydroxylation sites is 2. The highest BCUT2D eigenvalue weighted by molar-refractivity contribution is 6.13. The second kappa shape index (κ2) is 14.8. The van der Waals surface area contributed by atoms with E-state index in [1.807, 2.05) is 72.8 Å². The largest absolute Gasteiger partial charge is 0.417 e. The summed E-state index contributed by atoms with van der Waals surface area (Å²) in [6.45, 7) is 0. The van der Waals surface area contributed by atoms with Gasteiger partial charge in [0, 0.05) is 27.1 Å². The molecule has 0 aliphatic rings. The highest BCUT2D eigenvalue weighted by Crippen LogP contribution is 2.48. The second-order valence-electron chi connectivity index (χ2n) is 15.3. The Balaban J connectivity index is 1.35. The van der Waals surface area contributed by atoms with Gasteiger partial charge in [0.1, 0.15) is 0 Å². The van der Waals surface area contributed by atoms with E-state index in [9.17, 15) is 29.0 Å². The van der Waals surface area contributed by atoms with Crippen molar-refractivity contribution in [3.8, 4) is 63.0 Å². The van der Waals surface area contributed by atoms with Gasteiger partial charge in [-0.1, -0.05) is 72.8 Å². The topological polar surface area (TPSA) is 81.2 Å². The molecule has 0 fully saturated rings. The molecule has 8 aromatic carbocycles. The van der Waals surface area contributed by atoms with Gasteiger partial charge in [0.2, 0.25) is 0 Å². The maximum absolute atomic E-state index is 15.4. The first-order valence-corrected chi connectivity index (χ1v) is 19.8. The van der Waals surface area contributed by atoms with Crippen molar-refractivity contribution >= 4 is 43.6 Å². The van der Waals surface area contributed by atoms with Gasteiger partial charge in [0.15, 0.2) is 0 Å². The van der Waals surface area contributed by atoms with Crippen LogP contribution in [0.2, 0.25) is 0 Å². The summed E-state index contributed by atoms with van der Waals surface area (Å²) in [5, 5.41) is 32.3. The third-order valence-corrected chi connectivity index (χ3v) is 11.7. The van der Waals surface area contributed by atoms with Crippen molar-refractivity contribution < 1.29 is 26.3 Å². The Morgan fingerprint density at radius 2 is 0.797 bits per heavy atom. The van der Waals surface area contributed by atoms with Gasteiger partial charge in [-0.2, -0.15) is 42.1 Å². The molecular formula is C53H27F6N5. The minimum atomic E-state index is -5.10. The Morgan fingerprint density at radius 3 is 1.22 bits per heavy atom. The summed E-state index contributed by atoms with van der Waals surface area (Å²) in [5.74, 6) is 0. The lowest BCUT2D eigenvalue weighted by molar-refractivity contribution is -0.141. The number of nitrogens with zero attached hydrogens (tertiary/aromatic N) is 5. The molecule has 0 saturated carbocycles. The van der Waals surface area contributed by atoms with Gasteiger partial charge in [-0.05, 0) is 119 Å². The van der Waals surface area contributed by atoms with E-state index >= 15 is 13.2 Å². The van der Waals surface area contributed by atoms with Crippen LogP contribution in [0.25, 0.3) is 88.4 Å². The van der Waals surface area contributed by atoms with Crippen molar-refractivity contribution in [1.29, 1.82) is 15.8 Å². The van der Waals surface area contributed by atoms with Gasteiger partial charge in [0.25, 0.3) is 0 Å². The summed E-state index contributed by atoms with van der Waals surface area (Å²) in [6.07, 6.45) is -10.1. The van der Waals surface area contributed by atoms with Crippen molar-refractivity contribution in [1.82, 2.24) is 9.13 Å². The fourth-order valence-electron chi connectivity index (χ4n) is 8.78. The van der Waals surface area contributed by atoms with E-state index in [4.69, 9.17) is 0 Å². The SMILES string of the molecule is N#Cc1ccc(-c2ccc3c(c2)c2ccccc2n3-c2cc(C#N)cc(-n3c4ccccc4c4cc(-c5ccc(C#N)cc5)ccc43)c2-c2cc(C(F)(F)F)ccc2C(F)(F)F)cc1.